The molecule has 4 heteroatoms. The van der Waals surface area contributed by atoms with E-state index in [1.807, 2.05) is 31.2 Å². The second-order valence-electron chi connectivity index (χ2n) is 4.93. The number of rotatable bonds is 2. The fraction of sp³-hybridized carbons (Fsp3) is 0.400. The van der Waals surface area contributed by atoms with Crippen molar-refractivity contribution < 1.29 is 9.47 Å². The van der Waals surface area contributed by atoms with E-state index in [1.165, 1.54) is 0 Å². The van der Waals surface area contributed by atoms with Gasteiger partial charge >= 0.3 is 0 Å². The van der Waals surface area contributed by atoms with Gasteiger partial charge in [0.05, 0.1) is 24.1 Å². The summed E-state index contributed by atoms with van der Waals surface area (Å²) in [6.45, 7) is 3.48. The number of fused-ring (bicyclic) bond motifs is 1. The Labute approximate surface area is 112 Å². The molecule has 0 unspecified atom stereocenters. The summed E-state index contributed by atoms with van der Waals surface area (Å²) in [6, 6.07) is 7.78. The van der Waals surface area contributed by atoms with Crippen molar-refractivity contribution in [1.82, 2.24) is 4.98 Å². The van der Waals surface area contributed by atoms with Crippen LogP contribution in [0.5, 0.6) is 5.75 Å². The summed E-state index contributed by atoms with van der Waals surface area (Å²) in [6.07, 6.45) is 2.06. The Morgan fingerprint density at radius 2 is 2.11 bits per heavy atom. The van der Waals surface area contributed by atoms with Crippen LogP contribution in [0.15, 0.2) is 24.3 Å². The molecule has 0 atom stereocenters. The minimum atomic E-state index is 0.208. The second kappa shape index (κ2) is 5.05. The summed E-state index contributed by atoms with van der Waals surface area (Å²) in [7, 11) is 0. The monoisotopic (exact) mass is 258 g/mol. The summed E-state index contributed by atoms with van der Waals surface area (Å²) in [5, 5.41) is 0.916. The molecule has 1 saturated heterocycles. The molecule has 1 aliphatic rings. The molecule has 1 aromatic heterocycles. The van der Waals surface area contributed by atoms with Crippen LogP contribution >= 0.6 is 0 Å². The Bertz CT molecular complexity index is 592. The number of hydrogen-bond acceptors (Lipinski definition) is 4. The highest BCUT2D eigenvalue weighted by atomic mass is 16.5. The number of ether oxygens (including phenoxy) is 2. The van der Waals surface area contributed by atoms with Crippen molar-refractivity contribution in [3.05, 3.63) is 30.0 Å². The number of anilines is 1. The lowest BCUT2D eigenvalue weighted by molar-refractivity contribution is 0.0262. The van der Waals surface area contributed by atoms with E-state index in [1.54, 1.807) is 0 Å². The third kappa shape index (κ3) is 2.49. The summed E-state index contributed by atoms with van der Waals surface area (Å²) in [4.78, 5) is 4.51. The smallest absolute Gasteiger partial charge is 0.131 e. The van der Waals surface area contributed by atoms with E-state index >= 15 is 0 Å². The molecule has 1 aromatic carbocycles. The van der Waals surface area contributed by atoms with Crippen molar-refractivity contribution >= 4 is 16.6 Å². The van der Waals surface area contributed by atoms with Crippen LogP contribution in [0.4, 0.5) is 5.69 Å². The van der Waals surface area contributed by atoms with Crippen LogP contribution in [0.2, 0.25) is 0 Å². The van der Waals surface area contributed by atoms with E-state index in [4.69, 9.17) is 15.2 Å². The van der Waals surface area contributed by atoms with Crippen LogP contribution in [0.1, 0.15) is 18.5 Å². The van der Waals surface area contributed by atoms with Gasteiger partial charge in [-0.05, 0) is 25.1 Å². The van der Waals surface area contributed by atoms with Gasteiger partial charge in [-0.1, -0.05) is 6.07 Å². The molecule has 0 radical (unpaired) electrons. The molecule has 2 aromatic rings. The molecule has 3 rings (SSSR count). The van der Waals surface area contributed by atoms with Crippen molar-refractivity contribution in [3.8, 4) is 5.75 Å². The van der Waals surface area contributed by atoms with E-state index in [-0.39, 0.29) is 6.10 Å². The summed E-state index contributed by atoms with van der Waals surface area (Å²) in [5.41, 5.74) is 8.66. The van der Waals surface area contributed by atoms with Gasteiger partial charge in [0.2, 0.25) is 0 Å². The quantitative estimate of drug-likeness (QED) is 0.899. The highest BCUT2D eigenvalue weighted by molar-refractivity contribution is 5.95. The number of nitrogen functional groups attached to an aromatic ring is 1. The van der Waals surface area contributed by atoms with Gasteiger partial charge < -0.3 is 15.2 Å². The van der Waals surface area contributed by atoms with Crippen LogP contribution in [0.3, 0.4) is 0 Å². The van der Waals surface area contributed by atoms with Crippen molar-refractivity contribution in [2.75, 3.05) is 18.9 Å². The number of benzene rings is 1. The van der Waals surface area contributed by atoms with E-state index < -0.39 is 0 Å². The number of hydrogen-bond donors (Lipinski definition) is 1. The van der Waals surface area contributed by atoms with Crippen LogP contribution in [0, 0.1) is 6.92 Å². The maximum atomic E-state index is 6.12. The number of nitrogens with two attached hydrogens (primary N) is 1. The maximum absolute atomic E-state index is 6.12. The fourth-order valence-corrected chi connectivity index (χ4v) is 2.49. The second-order valence-corrected chi connectivity index (χ2v) is 4.93. The molecule has 0 bridgehead atoms. The molecule has 2 N–H and O–H groups in total. The summed E-state index contributed by atoms with van der Waals surface area (Å²) in [5.74, 6) is 0.828. The maximum Gasteiger partial charge on any atom is 0.131 e. The number of nitrogens with zero attached hydrogens (tertiary/aromatic N) is 1. The predicted octanol–water partition coefficient (Wildman–Crippen LogP) is 2.68. The van der Waals surface area contributed by atoms with E-state index in [9.17, 15) is 0 Å². The number of aryl methyl sites for hydroxylation is 1. The van der Waals surface area contributed by atoms with E-state index in [2.05, 4.69) is 4.98 Å². The molecule has 0 saturated carbocycles. The lowest BCUT2D eigenvalue weighted by Crippen LogP contribution is -2.26. The van der Waals surface area contributed by atoms with Crippen LogP contribution < -0.4 is 10.5 Å². The lowest BCUT2D eigenvalue weighted by atomic mass is 10.1. The zero-order valence-corrected chi connectivity index (χ0v) is 11.1. The first-order valence-corrected chi connectivity index (χ1v) is 6.64. The van der Waals surface area contributed by atoms with E-state index in [0.717, 1.165) is 54.1 Å². The molecule has 4 nitrogen and oxygen atoms in total. The Balaban J connectivity index is 1.98. The highest BCUT2D eigenvalue weighted by Gasteiger charge is 2.17. The molecule has 0 aliphatic carbocycles. The number of pyridine rings is 1. The Morgan fingerprint density at radius 1 is 1.32 bits per heavy atom. The normalized spacial score (nSPS) is 16.7. The average molecular weight is 258 g/mol. The Kier molecular flexibility index (Phi) is 3.25. The largest absolute Gasteiger partial charge is 0.489 e. The van der Waals surface area contributed by atoms with Crippen molar-refractivity contribution in [3.63, 3.8) is 0 Å². The lowest BCUT2D eigenvalue weighted by Gasteiger charge is -2.24. The molecule has 0 spiro atoms. The van der Waals surface area contributed by atoms with Gasteiger partial charge in [0.25, 0.3) is 0 Å². The standard InChI is InChI=1S/C15H18N2O2/c1-10-9-12(16)15-13(17-10)3-2-4-14(15)19-11-5-7-18-8-6-11/h2-4,9,11H,5-8H2,1H3,(H2,16,17). The van der Waals surface area contributed by atoms with Gasteiger partial charge in [-0.25, -0.2) is 0 Å². The molecule has 1 fully saturated rings. The Morgan fingerprint density at radius 3 is 2.89 bits per heavy atom. The fourth-order valence-electron chi connectivity index (χ4n) is 2.49. The molecular weight excluding hydrogens is 240 g/mol. The molecule has 2 heterocycles. The topological polar surface area (TPSA) is 57.4 Å². The van der Waals surface area contributed by atoms with Crippen molar-refractivity contribution in [2.45, 2.75) is 25.9 Å². The van der Waals surface area contributed by atoms with Crippen molar-refractivity contribution in [1.29, 1.82) is 0 Å². The number of aromatic nitrogens is 1. The molecule has 1 aliphatic heterocycles. The zero-order valence-electron chi connectivity index (χ0n) is 11.1. The molecule has 19 heavy (non-hydrogen) atoms. The van der Waals surface area contributed by atoms with Gasteiger partial charge in [-0.3, -0.25) is 4.98 Å². The van der Waals surface area contributed by atoms with E-state index in [0.29, 0.717) is 0 Å². The van der Waals surface area contributed by atoms with Gasteiger partial charge in [-0.2, -0.15) is 0 Å². The third-order valence-corrected chi connectivity index (χ3v) is 3.42. The molecular formula is C15H18N2O2. The van der Waals surface area contributed by atoms with Crippen LogP contribution in [-0.2, 0) is 4.74 Å². The first-order valence-electron chi connectivity index (χ1n) is 6.64. The minimum Gasteiger partial charge on any atom is -0.489 e. The van der Waals surface area contributed by atoms with Crippen molar-refractivity contribution in [2.24, 2.45) is 0 Å². The third-order valence-electron chi connectivity index (χ3n) is 3.42. The molecule has 100 valence electrons. The average Bonchev–Trinajstić information content (AvgIpc) is 2.39. The summed E-state index contributed by atoms with van der Waals surface area (Å²) < 4.78 is 11.4. The summed E-state index contributed by atoms with van der Waals surface area (Å²) >= 11 is 0. The van der Waals surface area contributed by atoms with Crippen LogP contribution in [0.25, 0.3) is 10.9 Å². The SMILES string of the molecule is Cc1cc(N)c2c(OC3CCOCC3)cccc2n1. The van der Waals surface area contributed by atoms with Gasteiger partial charge in [0.15, 0.2) is 0 Å². The Hall–Kier alpha value is -1.81. The first kappa shape index (κ1) is 12.2. The van der Waals surface area contributed by atoms with Crippen LogP contribution in [-0.4, -0.2) is 24.3 Å². The molecule has 0 amide bonds. The van der Waals surface area contributed by atoms with Gasteiger partial charge in [0, 0.05) is 24.2 Å². The zero-order chi connectivity index (χ0) is 13.2. The first-order chi connectivity index (χ1) is 9.24. The van der Waals surface area contributed by atoms with Gasteiger partial charge in [-0.15, -0.1) is 0 Å². The van der Waals surface area contributed by atoms with Gasteiger partial charge in [0.1, 0.15) is 11.9 Å². The predicted molar refractivity (Wildman–Crippen MR) is 75.4 cm³/mol. The minimum absolute atomic E-state index is 0.208. The highest BCUT2D eigenvalue weighted by Crippen LogP contribution is 2.31.